The zero-order chi connectivity index (χ0) is 15.4. The summed E-state index contributed by atoms with van der Waals surface area (Å²) in [6, 6.07) is 2.16. The van der Waals surface area contributed by atoms with Gasteiger partial charge in [0.15, 0.2) is 0 Å². The molecule has 2 N–H and O–H groups in total. The van der Waals surface area contributed by atoms with Gasteiger partial charge >= 0.3 is 0 Å². The molecule has 1 aliphatic carbocycles. The van der Waals surface area contributed by atoms with Gasteiger partial charge in [0.05, 0.1) is 0 Å². The second-order valence-corrected chi connectivity index (χ2v) is 5.72. The zero-order valence-corrected chi connectivity index (χ0v) is 12.5. The van der Waals surface area contributed by atoms with Crippen molar-refractivity contribution in [1.29, 1.82) is 0 Å². The highest BCUT2D eigenvalue weighted by Gasteiger charge is 2.24. The number of rotatable bonds is 5. The van der Waals surface area contributed by atoms with Crippen LogP contribution in [0.4, 0.5) is 14.5 Å². The Morgan fingerprint density at radius 3 is 2.48 bits per heavy atom. The third-order valence-electron chi connectivity index (χ3n) is 4.22. The lowest BCUT2D eigenvalue weighted by Gasteiger charge is -2.16. The lowest BCUT2D eigenvalue weighted by Crippen LogP contribution is -2.30. The van der Waals surface area contributed by atoms with E-state index in [1.807, 2.05) is 0 Å². The van der Waals surface area contributed by atoms with Crippen molar-refractivity contribution in [3.8, 4) is 0 Å². The van der Waals surface area contributed by atoms with Crippen LogP contribution in [-0.2, 0) is 0 Å². The van der Waals surface area contributed by atoms with Crippen molar-refractivity contribution in [2.75, 3.05) is 18.4 Å². The quantitative estimate of drug-likeness (QED) is 0.872. The maximum absolute atomic E-state index is 13.8. The Labute approximate surface area is 124 Å². The summed E-state index contributed by atoms with van der Waals surface area (Å²) in [5, 5.41) is 5.40. The van der Waals surface area contributed by atoms with Crippen molar-refractivity contribution < 1.29 is 13.6 Å². The fourth-order valence-corrected chi connectivity index (χ4v) is 2.90. The van der Waals surface area contributed by atoms with Crippen molar-refractivity contribution >= 4 is 11.6 Å². The van der Waals surface area contributed by atoms with Gasteiger partial charge in [0.25, 0.3) is 5.91 Å². The summed E-state index contributed by atoms with van der Waals surface area (Å²) in [6.07, 6.45) is 3.47. The molecule has 2 unspecified atom stereocenters. The summed E-state index contributed by atoms with van der Waals surface area (Å²) in [6.45, 7) is 4.91. The normalized spacial score (nSPS) is 21.3. The standard InChI is InChI=1S/C16H22F2N2O/c1-3-19-15-13(17)7-12(8-14(15)18)16(21)20-9-11-6-4-5-10(11)2/h7-8,10-11,19H,3-6,9H2,1-2H3,(H,20,21). The molecule has 0 saturated heterocycles. The van der Waals surface area contributed by atoms with Crippen LogP contribution in [-0.4, -0.2) is 19.0 Å². The first-order valence-electron chi connectivity index (χ1n) is 7.54. The Bertz CT molecular complexity index is 496. The van der Waals surface area contributed by atoms with Crippen molar-refractivity contribution in [3.05, 3.63) is 29.3 Å². The van der Waals surface area contributed by atoms with Gasteiger partial charge < -0.3 is 10.6 Å². The molecule has 1 aromatic carbocycles. The van der Waals surface area contributed by atoms with Gasteiger partial charge in [-0.25, -0.2) is 8.78 Å². The molecule has 0 spiro atoms. The Balaban J connectivity index is 2.02. The number of hydrogen-bond acceptors (Lipinski definition) is 2. The molecule has 116 valence electrons. The highest BCUT2D eigenvalue weighted by atomic mass is 19.1. The fraction of sp³-hybridized carbons (Fsp3) is 0.562. The minimum atomic E-state index is -0.740. The molecule has 2 atom stereocenters. The van der Waals surface area contributed by atoms with E-state index in [4.69, 9.17) is 0 Å². The predicted molar refractivity (Wildman–Crippen MR) is 79.4 cm³/mol. The van der Waals surface area contributed by atoms with E-state index in [0.29, 0.717) is 24.9 Å². The molecule has 5 heteroatoms. The second kappa shape index (κ2) is 6.87. The maximum atomic E-state index is 13.8. The second-order valence-electron chi connectivity index (χ2n) is 5.72. The van der Waals surface area contributed by atoms with Crippen LogP contribution in [0.2, 0.25) is 0 Å². The lowest BCUT2D eigenvalue weighted by atomic mass is 9.98. The number of nitrogens with one attached hydrogen (secondary N) is 2. The largest absolute Gasteiger partial charge is 0.381 e. The van der Waals surface area contributed by atoms with E-state index in [1.54, 1.807) is 6.92 Å². The van der Waals surface area contributed by atoms with Gasteiger partial charge in [0.1, 0.15) is 17.3 Å². The SMILES string of the molecule is CCNc1c(F)cc(C(=O)NCC2CCCC2C)cc1F. The van der Waals surface area contributed by atoms with Gasteiger partial charge in [-0.2, -0.15) is 0 Å². The van der Waals surface area contributed by atoms with Gasteiger partial charge in [-0.1, -0.05) is 19.8 Å². The average Bonchev–Trinajstić information content (AvgIpc) is 2.85. The van der Waals surface area contributed by atoms with Crippen molar-refractivity contribution in [2.24, 2.45) is 11.8 Å². The van der Waals surface area contributed by atoms with Crippen LogP contribution < -0.4 is 10.6 Å². The van der Waals surface area contributed by atoms with Crippen LogP contribution in [0.15, 0.2) is 12.1 Å². The average molecular weight is 296 g/mol. The zero-order valence-electron chi connectivity index (χ0n) is 12.5. The minimum absolute atomic E-state index is 0.0253. The molecular weight excluding hydrogens is 274 g/mol. The van der Waals surface area contributed by atoms with E-state index in [-0.39, 0.29) is 11.3 Å². The smallest absolute Gasteiger partial charge is 0.251 e. The Kier molecular flexibility index (Phi) is 5.15. The number of amides is 1. The topological polar surface area (TPSA) is 41.1 Å². The fourth-order valence-electron chi connectivity index (χ4n) is 2.90. The molecule has 21 heavy (non-hydrogen) atoms. The Morgan fingerprint density at radius 2 is 1.95 bits per heavy atom. The molecule has 0 aromatic heterocycles. The van der Waals surface area contributed by atoms with E-state index in [9.17, 15) is 13.6 Å². The van der Waals surface area contributed by atoms with E-state index in [0.717, 1.165) is 18.6 Å². The molecular formula is C16H22F2N2O. The number of halogens is 2. The van der Waals surface area contributed by atoms with Gasteiger partial charge in [-0.15, -0.1) is 0 Å². The highest BCUT2D eigenvalue weighted by Crippen LogP contribution is 2.30. The van der Waals surface area contributed by atoms with Crippen molar-refractivity contribution in [3.63, 3.8) is 0 Å². The molecule has 1 aliphatic rings. The van der Waals surface area contributed by atoms with Crippen LogP contribution in [0, 0.1) is 23.5 Å². The van der Waals surface area contributed by atoms with E-state index >= 15 is 0 Å². The molecule has 0 heterocycles. The van der Waals surface area contributed by atoms with E-state index in [1.165, 1.54) is 12.8 Å². The monoisotopic (exact) mass is 296 g/mol. The van der Waals surface area contributed by atoms with Crippen LogP contribution in [0.25, 0.3) is 0 Å². The molecule has 1 fully saturated rings. The molecule has 0 radical (unpaired) electrons. The molecule has 3 nitrogen and oxygen atoms in total. The molecule has 0 bridgehead atoms. The van der Waals surface area contributed by atoms with Crippen LogP contribution in [0.3, 0.4) is 0 Å². The number of anilines is 1. The van der Waals surface area contributed by atoms with E-state index in [2.05, 4.69) is 17.6 Å². The van der Waals surface area contributed by atoms with Gasteiger partial charge in [-0.3, -0.25) is 4.79 Å². The summed E-state index contributed by atoms with van der Waals surface area (Å²) in [5.74, 6) is -0.845. The van der Waals surface area contributed by atoms with Crippen molar-refractivity contribution in [2.45, 2.75) is 33.1 Å². The molecule has 2 rings (SSSR count). The third kappa shape index (κ3) is 3.71. The first-order valence-corrected chi connectivity index (χ1v) is 7.54. The molecule has 0 aliphatic heterocycles. The number of carbonyl (C=O) groups is 1. The van der Waals surface area contributed by atoms with Crippen molar-refractivity contribution in [1.82, 2.24) is 5.32 Å². The molecule has 1 saturated carbocycles. The molecule has 1 amide bonds. The summed E-state index contributed by atoms with van der Waals surface area (Å²) >= 11 is 0. The van der Waals surface area contributed by atoms with Crippen LogP contribution >= 0.6 is 0 Å². The minimum Gasteiger partial charge on any atom is -0.381 e. The summed E-state index contributed by atoms with van der Waals surface area (Å²) in [4.78, 5) is 12.0. The van der Waals surface area contributed by atoms with E-state index < -0.39 is 17.5 Å². The third-order valence-corrected chi connectivity index (χ3v) is 4.22. The first kappa shape index (κ1) is 15.7. The summed E-state index contributed by atoms with van der Waals surface area (Å²) < 4.78 is 27.6. The van der Waals surface area contributed by atoms with Gasteiger partial charge in [0.2, 0.25) is 0 Å². The van der Waals surface area contributed by atoms with Gasteiger partial charge in [0, 0.05) is 18.7 Å². The maximum Gasteiger partial charge on any atom is 0.251 e. The predicted octanol–water partition coefficient (Wildman–Crippen LogP) is 3.56. The number of hydrogen-bond donors (Lipinski definition) is 2. The number of carbonyl (C=O) groups excluding carboxylic acids is 1. The Hall–Kier alpha value is -1.65. The summed E-state index contributed by atoms with van der Waals surface area (Å²) in [7, 11) is 0. The molecule has 1 aromatic rings. The highest BCUT2D eigenvalue weighted by molar-refractivity contribution is 5.94. The lowest BCUT2D eigenvalue weighted by molar-refractivity contribution is 0.0943. The van der Waals surface area contributed by atoms with Crippen LogP contribution in [0.1, 0.15) is 43.5 Å². The van der Waals surface area contributed by atoms with Gasteiger partial charge in [-0.05, 0) is 37.3 Å². The first-order chi connectivity index (χ1) is 10.0. The van der Waals surface area contributed by atoms with Crippen LogP contribution in [0.5, 0.6) is 0 Å². The number of benzene rings is 1. The summed E-state index contributed by atoms with van der Waals surface area (Å²) in [5.41, 5.74) is -0.157. The Morgan fingerprint density at radius 1 is 1.29 bits per heavy atom.